The van der Waals surface area contributed by atoms with Crippen LogP contribution in [0.1, 0.15) is 20.8 Å². The van der Waals surface area contributed by atoms with Crippen LogP contribution in [0, 0.1) is 10.1 Å². The van der Waals surface area contributed by atoms with Crippen LogP contribution < -0.4 is 5.32 Å². The van der Waals surface area contributed by atoms with E-state index in [4.69, 9.17) is 4.74 Å². The van der Waals surface area contributed by atoms with Crippen molar-refractivity contribution in [3.8, 4) is 0 Å². The zero-order valence-electron chi connectivity index (χ0n) is 12.4. The van der Waals surface area contributed by atoms with Crippen molar-refractivity contribution >= 4 is 22.1 Å². The van der Waals surface area contributed by atoms with Crippen LogP contribution in [-0.4, -0.2) is 28.7 Å². The molecule has 0 atom stereocenters. The first-order chi connectivity index (χ1) is 9.94. The van der Waals surface area contributed by atoms with Crippen molar-refractivity contribution in [1.82, 2.24) is 4.98 Å². The summed E-state index contributed by atoms with van der Waals surface area (Å²) in [6.45, 7) is 7.20. The number of nitro benzene ring substituents is 1. The minimum absolute atomic E-state index is 0.0627. The molecule has 1 aromatic carbocycles. The number of ether oxygens (including phenoxy) is 1. The lowest BCUT2D eigenvalue weighted by atomic mass is 10.1. The lowest BCUT2D eigenvalue weighted by molar-refractivity contribution is -0.383. The number of hydrogen-bond donors (Lipinski definition) is 1. The van der Waals surface area contributed by atoms with E-state index in [0.717, 1.165) is 11.1 Å². The summed E-state index contributed by atoms with van der Waals surface area (Å²) in [5.41, 5.74) is 0.592. The molecule has 112 valence electrons. The van der Waals surface area contributed by atoms with Gasteiger partial charge >= 0.3 is 0 Å². The second-order valence-electron chi connectivity index (χ2n) is 5.36. The Hall–Kier alpha value is -2.21. The van der Waals surface area contributed by atoms with Crippen LogP contribution in [-0.2, 0) is 4.74 Å². The summed E-state index contributed by atoms with van der Waals surface area (Å²) >= 11 is 0. The third kappa shape index (κ3) is 3.46. The second kappa shape index (κ2) is 6.05. The van der Waals surface area contributed by atoms with Crippen molar-refractivity contribution in [3.05, 3.63) is 40.7 Å². The molecule has 0 bridgehead atoms. The largest absolute Gasteiger partial charge is 0.382 e. The Morgan fingerprint density at radius 2 is 2.10 bits per heavy atom. The third-order valence-corrected chi connectivity index (χ3v) is 3.23. The van der Waals surface area contributed by atoms with E-state index in [9.17, 15) is 10.1 Å². The molecule has 1 aromatic heterocycles. The molecular weight excluding hydrogens is 270 g/mol. The molecule has 0 saturated carbocycles. The summed E-state index contributed by atoms with van der Waals surface area (Å²) in [7, 11) is 0. The van der Waals surface area contributed by atoms with Gasteiger partial charge < -0.3 is 10.1 Å². The zero-order chi connectivity index (χ0) is 15.5. The minimum atomic E-state index is -0.391. The Balaban J connectivity index is 2.34. The first kappa shape index (κ1) is 15.2. The van der Waals surface area contributed by atoms with E-state index in [1.165, 1.54) is 12.3 Å². The Kier molecular flexibility index (Phi) is 4.37. The van der Waals surface area contributed by atoms with E-state index >= 15 is 0 Å². The van der Waals surface area contributed by atoms with Crippen molar-refractivity contribution in [2.45, 2.75) is 26.4 Å². The van der Waals surface area contributed by atoms with E-state index in [1.54, 1.807) is 18.3 Å². The number of anilines is 1. The highest BCUT2D eigenvalue weighted by atomic mass is 16.6. The molecule has 21 heavy (non-hydrogen) atoms. The summed E-state index contributed by atoms with van der Waals surface area (Å²) in [5.74, 6) is 0. The SMILES string of the molecule is CCOC(C)(C)CNc1ccc([N+](=O)[O-])c2cnccc12. The Labute approximate surface area is 123 Å². The summed E-state index contributed by atoms with van der Waals surface area (Å²) in [6.07, 6.45) is 3.15. The fourth-order valence-corrected chi connectivity index (χ4v) is 2.24. The predicted octanol–water partition coefficient (Wildman–Crippen LogP) is 3.37. The van der Waals surface area contributed by atoms with E-state index in [2.05, 4.69) is 10.3 Å². The molecule has 1 N–H and O–H groups in total. The van der Waals surface area contributed by atoms with Gasteiger partial charge in [-0.25, -0.2) is 0 Å². The smallest absolute Gasteiger partial charge is 0.278 e. The fraction of sp³-hybridized carbons (Fsp3) is 0.400. The van der Waals surface area contributed by atoms with Gasteiger partial charge in [0, 0.05) is 42.7 Å². The number of nitrogens with zero attached hydrogens (tertiary/aromatic N) is 2. The maximum atomic E-state index is 11.1. The predicted molar refractivity (Wildman–Crippen MR) is 82.6 cm³/mol. The number of hydrogen-bond acceptors (Lipinski definition) is 5. The number of pyridine rings is 1. The highest BCUT2D eigenvalue weighted by Crippen LogP contribution is 2.31. The maximum Gasteiger partial charge on any atom is 0.278 e. The van der Waals surface area contributed by atoms with Crippen LogP contribution >= 0.6 is 0 Å². The first-order valence-electron chi connectivity index (χ1n) is 6.83. The first-order valence-corrected chi connectivity index (χ1v) is 6.83. The Morgan fingerprint density at radius 1 is 1.33 bits per heavy atom. The number of benzene rings is 1. The molecule has 0 spiro atoms. The van der Waals surface area contributed by atoms with Crippen molar-refractivity contribution in [2.75, 3.05) is 18.5 Å². The third-order valence-electron chi connectivity index (χ3n) is 3.23. The van der Waals surface area contributed by atoms with Crippen LogP contribution in [0.2, 0.25) is 0 Å². The molecule has 1 heterocycles. The maximum absolute atomic E-state index is 11.1. The lowest BCUT2D eigenvalue weighted by Gasteiger charge is -2.25. The van der Waals surface area contributed by atoms with Gasteiger partial charge in [0.25, 0.3) is 5.69 Å². The molecule has 0 fully saturated rings. The minimum Gasteiger partial charge on any atom is -0.382 e. The van der Waals surface area contributed by atoms with Gasteiger partial charge in [-0.3, -0.25) is 15.1 Å². The molecule has 0 aliphatic heterocycles. The summed E-state index contributed by atoms with van der Waals surface area (Å²) in [5, 5.41) is 15.7. The van der Waals surface area contributed by atoms with E-state index in [-0.39, 0.29) is 11.3 Å². The summed E-state index contributed by atoms with van der Waals surface area (Å²) in [4.78, 5) is 14.7. The van der Waals surface area contributed by atoms with E-state index < -0.39 is 4.92 Å². The van der Waals surface area contributed by atoms with Gasteiger partial charge in [0.2, 0.25) is 0 Å². The highest BCUT2D eigenvalue weighted by Gasteiger charge is 2.19. The van der Waals surface area contributed by atoms with E-state index in [1.807, 2.05) is 20.8 Å². The molecule has 0 radical (unpaired) electrons. The van der Waals surface area contributed by atoms with Crippen molar-refractivity contribution < 1.29 is 9.66 Å². The van der Waals surface area contributed by atoms with Crippen molar-refractivity contribution in [2.24, 2.45) is 0 Å². The quantitative estimate of drug-likeness (QED) is 0.651. The summed E-state index contributed by atoms with van der Waals surface area (Å²) < 4.78 is 5.64. The van der Waals surface area contributed by atoms with Gasteiger partial charge in [-0.1, -0.05) is 0 Å². The standard InChI is InChI=1S/C15H19N3O3/c1-4-21-15(2,3)10-17-13-5-6-14(18(19)20)12-9-16-8-7-11(12)13/h5-9,17H,4,10H2,1-3H3. The van der Waals surface area contributed by atoms with Crippen LogP contribution in [0.15, 0.2) is 30.6 Å². The molecule has 0 amide bonds. The average Bonchev–Trinajstić information content (AvgIpc) is 2.44. The van der Waals surface area contributed by atoms with Gasteiger partial charge in [0.05, 0.1) is 15.9 Å². The van der Waals surface area contributed by atoms with Gasteiger partial charge in [-0.2, -0.15) is 0 Å². The Morgan fingerprint density at radius 3 is 2.76 bits per heavy atom. The average molecular weight is 289 g/mol. The highest BCUT2D eigenvalue weighted by molar-refractivity contribution is 5.99. The zero-order valence-corrected chi connectivity index (χ0v) is 12.4. The van der Waals surface area contributed by atoms with Gasteiger partial charge in [0.1, 0.15) is 0 Å². The molecule has 0 aliphatic rings. The van der Waals surface area contributed by atoms with Crippen LogP contribution in [0.4, 0.5) is 11.4 Å². The molecule has 6 heteroatoms. The van der Waals surface area contributed by atoms with Crippen molar-refractivity contribution in [3.63, 3.8) is 0 Å². The molecule has 2 aromatic rings. The lowest BCUT2D eigenvalue weighted by Crippen LogP contribution is -2.33. The number of nitrogens with one attached hydrogen (secondary N) is 1. The van der Waals surface area contributed by atoms with Gasteiger partial charge in [-0.15, -0.1) is 0 Å². The van der Waals surface area contributed by atoms with Gasteiger partial charge in [0.15, 0.2) is 0 Å². The second-order valence-corrected chi connectivity index (χ2v) is 5.36. The molecule has 2 rings (SSSR count). The summed E-state index contributed by atoms with van der Waals surface area (Å²) in [6, 6.07) is 5.00. The van der Waals surface area contributed by atoms with Crippen molar-refractivity contribution in [1.29, 1.82) is 0 Å². The molecule has 0 aliphatic carbocycles. The number of nitro groups is 1. The molecule has 0 unspecified atom stereocenters. The topological polar surface area (TPSA) is 77.3 Å². The molecule has 0 saturated heterocycles. The number of fused-ring (bicyclic) bond motifs is 1. The van der Waals surface area contributed by atoms with Crippen LogP contribution in [0.3, 0.4) is 0 Å². The fourth-order valence-electron chi connectivity index (χ4n) is 2.24. The van der Waals surface area contributed by atoms with Crippen LogP contribution in [0.5, 0.6) is 0 Å². The Bertz CT molecular complexity index is 656. The number of rotatable bonds is 6. The normalized spacial score (nSPS) is 11.6. The monoisotopic (exact) mass is 289 g/mol. The number of non-ortho nitro benzene ring substituents is 1. The van der Waals surface area contributed by atoms with Gasteiger partial charge in [-0.05, 0) is 32.9 Å². The number of aromatic nitrogens is 1. The molecule has 6 nitrogen and oxygen atoms in total. The molecular formula is C15H19N3O3. The van der Waals surface area contributed by atoms with Crippen LogP contribution in [0.25, 0.3) is 10.8 Å². The van der Waals surface area contributed by atoms with E-state index in [0.29, 0.717) is 18.5 Å².